The molecule has 6 nitrogen and oxygen atoms in total. The van der Waals surface area contributed by atoms with Crippen molar-refractivity contribution in [3.63, 3.8) is 0 Å². The summed E-state index contributed by atoms with van der Waals surface area (Å²) in [5.74, 6) is 0.751. The summed E-state index contributed by atoms with van der Waals surface area (Å²) in [5.41, 5.74) is 2.23. The van der Waals surface area contributed by atoms with Gasteiger partial charge in [0.2, 0.25) is 5.88 Å². The molecule has 1 saturated heterocycles. The van der Waals surface area contributed by atoms with Gasteiger partial charge in [-0.2, -0.15) is 0 Å². The smallest absolute Gasteiger partial charge is 0.320 e. The lowest BCUT2D eigenvalue weighted by Gasteiger charge is -2.41. The Bertz CT molecular complexity index is 668. The first-order chi connectivity index (χ1) is 13.1. The Hall–Kier alpha value is -1.82. The Morgan fingerprint density at radius 2 is 2.00 bits per heavy atom. The second-order valence-electron chi connectivity index (χ2n) is 8.16. The molecule has 3 aliphatic rings. The number of nitrogens with zero attached hydrogens (tertiary/aromatic N) is 4. The summed E-state index contributed by atoms with van der Waals surface area (Å²) in [6, 6.07) is 5.01. The minimum absolute atomic E-state index is 0.0988. The molecule has 0 radical (unpaired) electrons. The average molecular weight is 373 g/mol. The molecule has 27 heavy (non-hydrogen) atoms. The number of hydrogen-bond acceptors (Lipinski definition) is 4. The van der Waals surface area contributed by atoms with Gasteiger partial charge in [0.05, 0.1) is 5.69 Å². The van der Waals surface area contributed by atoms with Gasteiger partial charge in [-0.1, -0.05) is 12.5 Å². The second-order valence-corrected chi connectivity index (χ2v) is 8.16. The van der Waals surface area contributed by atoms with E-state index in [9.17, 15) is 4.79 Å². The van der Waals surface area contributed by atoms with Gasteiger partial charge >= 0.3 is 6.03 Å². The van der Waals surface area contributed by atoms with Crippen LogP contribution in [0.5, 0.6) is 5.88 Å². The number of rotatable bonds is 4. The van der Waals surface area contributed by atoms with E-state index in [0.29, 0.717) is 6.54 Å². The fourth-order valence-corrected chi connectivity index (χ4v) is 4.28. The predicted molar refractivity (Wildman–Crippen MR) is 105 cm³/mol. The zero-order chi connectivity index (χ0) is 18.8. The maximum absolute atomic E-state index is 12.4. The summed E-state index contributed by atoms with van der Waals surface area (Å²) in [7, 11) is 1.85. The maximum atomic E-state index is 12.4. The van der Waals surface area contributed by atoms with Crippen molar-refractivity contribution in [2.24, 2.45) is 0 Å². The largest absolute Gasteiger partial charge is 0.474 e. The highest BCUT2D eigenvalue weighted by atomic mass is 16.5. The summed E-state index contributed by atoms with van der Waals surface area (Å²) in [6.07, 6.45) is 7.44. The molecule has 148 valence electrons. The Labute approximate surface area is 162 Å². The molecule has 4 rings (SSSR count). The third-order valence-corrected chi connectivity index (χ3v) is 6.45. The molecule has 2 fully saturated rings. The fraction of sp³-hybridized carbons (Fsp3) is 0.714. The standard InChI is InChI=1S/C21H32N4O2/c1-3-23(2)21(26)25-14-11-19-16(15-25)7-8-20(22-19)27-18-9-12-24(13-10-18)17-5-4-6-17/h7-8,17-18H,3-6,9-15H2,1-2H3. The monoisotopic (exact) mass is 372 g/mol. The van der Waals surface area contributed by atoms with E-state index in [4.69, 9.17) is 9.72 Å². The lowest BCUT2D eigenvalue weighted by Crippen LogP contribution is -2.46. The van der Waals surface area contributed by atoms with Crippen LogP contribution in [-0.2, 0) is 13.0 Å². The van der Waals surface area contributed by atoms with Crippen LogP contribution in [0.25, 0.3) is 0 Å². The minimum Gasteiger partial charge on any atom is -0.474 e. The molecule has 0 N–H and O–H groups in total. The molecular weight excluding hydrogens is 340 g/mol. The third-order valence-electron chi connectivity index (χ3n) is 6.45. The first-order valence-corrected chi connectivity index (χ1v) is 10.5. The van der Waals surface area contributed by atoms with Gasteiger partial charge in [-0.3, -0.25) is 0 Å². The Kier molecular flexibility index (Phi) is 5.53. The van der Waals surface area contributed by atoms with E-state index in [1.54, 1.807) is 4.90 Å². The summed E-state index contributed by atoms with van der Waals surface area (Å²) in [6.45, 7) is 6.41. The van der Waals surface area contributed by atoms with Crippen LogP contribution in [0.15, 0.2) is 12.1 Å². The van der Waals surface area contributed by atoms with E-state index in [1.807, 2.05) is 24.9 Å². The number of amides is 2. The number of carbonyl (C=O) groups excluding carboxylic acids is 1. The van der Waals surface area contributed by atoms with Crippen LogP contribution >= 0.6 is 0 Å². The van der Waals surface area contributed by atoms with Crippen molar-refractivity contribution in [2.45, 2.75) is 64.1 Å². The van der Waals surface area contributed by atoms with Crippen LogP contribution in [0.2, 0.25) is 0 Å². The van der Waals surface area contributed by atoms with Crippen LogP contribution in [0, 0.1) is 0 Å². The first kappa shape index (κ1) is 18.5. The van der Waals surface area contributed by atoms with E-state index in [0.717, 1.165) is 68.6 Å². The van der Waals surface area contributed by atoms with E-state index in [1.165, 1.54) is 19.3 Å². The highest BCUT2D eigenvalue weighted by Crippen LogP contribution is 2.29. The van der Waals surface area contributed by atoms with Crippen molar-refractivity contribution in [1.82, 2.24) is 19.7 Å². The second kappa shape index (κ2) is 8.05. The van der Waals surface area contributed by atoms with Gasteiger partial charge in [-0.25, -0.2) is 9.78 Å². The van der Waals surface area contributed by atoms with Crippen LogP contribution in [0.1, 0.15) is 50.3 Å². The average Bonchev–Trinajstić information content (AvgIpc) is 2.66. The molecule has 1 aromatic heterocycles. The number of pyridine rings is 1. The molecule has 2 amide bonds. The predicted octanol–water partition coefficient (Wildman–Crippen LogP) is 2.91. The molecule has 3 heterocycles. The normalized spacial score (nSPS) is 21.5. The van der Waals surface area contributed by atoms with E-state index >= 15 is 0 Å². The molecule has 0 atom stereocenters. The molecule has 0 unspecified atom stereocenters. The zero-order valence-electron chi connectivity index (χ0n) is 16.7. The van der Waals surface area contributed by atoms with Gasteiger partial charge in [0.15, 0.2) is 0 Å². The van der Waals surface area contributed by atoms with E-state index in [2.05, 4.69) is 11.0 Å². The van der Waals surface area contributed by atoms with Gasteiger partial charge in [0, 0.05) is 58.3 Å². The molecule has 1 aliphatic carbocycles. The SMILES string of the molecule is CCN(C)C(=O)N1CCc2nc(OC3CCN(C4CCC4)CC3)ccc2C1. The molecule has 0 bridgehead atoms. The highest BCUT2D eigenvalue weighted by Gasteiger charge is 2.30. The summed E-state index contributed by atoms with van der Waals surface area (Å²) in [5, 5.41) is 0. The van der Waals surface area contributed by atoms with Crippen LogP contribution in [0.4, 0.5) is 4.79 Å². The van der Waals surface area contributed by atoms with E-state index < -0.39 is 0 Å². The van der Waals surface area contributed by atoms with Crippen molar-refractivity contribution in [3.8, 4) is 5.88 Å². The number of carbonyl (C=O) groups is 1. The molecule has 2 aliphatic heterocycles. The number of aromatic nitrogens is 1. The summed E-state index contributed by atoms with van der Waals surface area (Å²) >= 11 is 0. The van der Waals surface area contributed by atoms with Gasteiger partial charge in [-0.05, 0) is 38.2 Å². The van der Waals surface area contributed by atoms with Crippen molar-refractivity contribution in [3.05, 3.63) is 23.4 Å². The molecule has 6 heteroatoms. The molecule has 0 aromatic carbocycles. The van der Waals surface area contributed by atoms with Gasteiger partial charge in [0.25, 0.3) is 0 Å². The number of piperidine rings is 1. The quantitative estimate of drug-likeness (QED) is 0.815. The van der Waals surface area contributed by atoms with E-state index in [-0.39, 0.29) is 12.1 Å². The molecule has 0 spiro atoms. The first-order valence-electron chi connectivity index (χ1n) is 10.5. The topological polar surface area (TPSA) is 48.9 Å². The molecule has 1 saturated carbocycles. The Balaban J connectivity index is 1.32. The van der Waals surface area contributed by atoms with Crippen LogP contribution < -0.4 is 4.74 Å². The van der Waals surface area contributed by atoms with Crippen molar-refractivity contribution in [1.29, 1.82) is 0 Å². The van der Waals surface area contributed by atoms with Gasteiger partial charge in [0.1, 0.15) is 6.10 Å². The Morgan fingerprint density at radius 3 is 2.67 bits per heavy atom. The lowest BCUT2D eigenvalue weighted by atomic mass is 9.90. The third kappa shape index (κ3) is 4.05. The maximum Gasteiger partial charge on any atom is 0.320 e. The number of fused-ring (bicyclic) bond motifs is 1. The zero-order valence-corrected chi connectivity index (χ0v) is 16.7. The van der Waals surface area contributed by atoms with Crippen LogP contribution in [0.3, 0.4) is 0 Å². The minimum atomic E-state index is 0.0988. The van der Waals surface area contributed by atoms with Crippen LogP contribution in [-0.4, -0.2) is 71.1 Å². The van der Waals surface area contributed by atoms with Crippen molar-refractivity contribution in [2.75, 3.05) is 33.2 Å². The fourth-order valence-electron chi connectivity index (χ4n) is 4.28. The van der Waals surface area contributed by atoms with Crippen molar-refractivity contribution >= 4 is 6.03 Å². The lowest BCUT2D eigenvalue weighted by molar-refractivity contribution is 0.0473. The van der Waals surface area contributed by atoms with Gasteiger partial charge in [-0.15, -0.1) is 0 Å². The van der Waals surface area contributed by atoms with Gasteiger partial charge < -0.3 is 19.4 Å². The number of urea groups is 1. The summed E-state index contributed by atoms with van der Waals surface area (Å²) < 4.78 is 6.20. The number of ether oxygens (including phenoxy) is 1. The number of hydrogen-bond donors (Lipinski definition) is 0. The molecular formula is C21H32N4O2. The molecule has 1 aromatic rings. The van der Waals surface area contributed by atoms with Crippen molar-refractivity contribution < 1.29 is 9.53 Å². The highest BCUT2D eigenvalue weighted by molar-refractivity contribution is 5.74. The number of likely N-dealkylation sites (tertiary alicyclic amines) is 1. The Morgan fingerprint density at radius 1 is 1.22 bits per heavy atom. The summed E-state index contributed by atoms with van der Waals surface area (Å²) in [4.78, 5) is 23.4.